The summed E-state index contributed by atoms with van der Waals surface area (Å²) in [5.74, 6) is 1.02. The molecule has 0 aromatic carbocycles. The predicted molar refractivity (Wildman–Crippen MR) is 61.5 cm³/mol. The molecule has 2 atom stereocenters. The van der Waals surface area contributed by atoms with Gasteiger partial charge in [0.05, 0.1) is 0 Å². The van der Waals surface area contributed by atoms with Gasteiger partial charge in [0, 0.05) is 13.0 Å². The van der Waals surface area contributed by atoms with Crippen molar-refractivity contribution in [2.24, 2.45) is 11.7 Å². The maximum absolute atomic E-state index is 11.7. The molecule has 1 fully saturated rings. The van der Waals surface area contributed by atoms with Crippen molar-refractivity contribution < 1.29 is 9.59 Å². The molecule has 2 amide bonds. The molecule has 1 rings (SSSR count). The van der Waals surface area contributed by atoms with Gasteiger partial charge in [-0.15, -0.1) is 0 Å². The Morgan fingerprint density at radius 2 is 2.40 bits per heavy atom. The smallest absolute Gasteiger partial charge is 0.240 e. The van der Waals surface area contributed by atoms with Crippen LogP contribution in [0.4, 0.5) is 0 Å². The third kappa shape index (κ3) is 2.87. The van der Waals surface area contributed by atoms with Crippen LogP contribution < -0.4 is 5.73 Å². The summed E-state index contributed by atoms with van der Waals surface area (Å²) in [4.78, 5) is 24.5. The molecule has 0 aromatic heterocycles. The second kappa shape index (κ2) is 5.39. The summed E-state index contributed by atoms with van der Waals surface area (Å²) in [5, 5.41) is 0. The van der Waals surface area contributed by atoms with E-state index in [1.54, 1.807) is 16.7 Å². The predicted octanol–water partition coefficient (Wildman–Crippen LogP) is 0.462. The van der Waals surface area contributed by atoms with Gasteiger partial charge in [0.25, 0.3) is 0 Å². The van der Waals surface area contributed by atoms with Gasteiger partial charge in [-0.25, -0.2) is 0 Å². The van der Waals surface area contributed by atoms with Gasteiger partial charge in [-0.05, 0) is 24.3 Å². The largest absolute Gasteiger partial charge is 0.368 e. The van der Waals surface area contributed by atoms with Crippen LogP contribution in [-0.4, -0.2) is 41.3 Å². The Morgan fingerprint density at radius 1 is 1.73 bits per heavy atom. The standard InChI is InChI=1S/C10H18N2O2S/c1-3-8(10(11)14)12-5-7(6-15-2)4-9(12)13/h7-8H,3-6H2,1-2H3,(H2,11,14)/t7?,8-/m1/s1. The molecule has 86 valence electrons. The van der Waals surface area contributed by atoms with Crippen LogP contribution in [0.1, 0.15) is 19.8 Å². The van der Waals surface area contributed by atoms with Crippen molar-refractivity contribution in [2.45, 2.75) is 25.8 Å². The molecular formula is C10H18N2O2S. The molecule has 15 heavy (non-hydrogen) atoms. The van der Waals surface area contributed by atoms with Gasteiger partial charge in [-0.1, -0.05) is 6.92 Å². The van der Waals surface area contributed by atoms with E-state index in [9.17, 15) is 9.59 Å². The van der Waals surface area contributed by atoms with E-state index >= 15 is 0 Å². The van der Waals surface area contributed by atoms with Crippen LogP contribution >= 0.6 is 11.8 Å². The number of hydrogen-bond donors (Lipinski definition) is 1. The summed E-state index contributed by atoms with van der Waals surface area (Å²) >= 11 is 1.74. The van der Waals surface area contributed by atoms with Crippen LogP contribution in [0, 0.1) is 5.92 Å². The van der Waals surface area contributed by atoms with Crippen molar-refractivity contribution in [1.82, 2.24) is 4.90 Å². The van der Waals surface area contributed by atoms with E-state index in [0.717, 1.165) is 5.75 Å². The Balaban J connectivity index is 2.63. The molecule has 0 bridgehead atoms. The number of primary amides is 1. The second-order valence-corrected chi connectivity index (χ2v) is 4.81. The highest BCUT2D eigenvalue weighted by Crippen LogP contribution is 2.23. The molecule has 1 aliphatic heterocycles. The molecule has 0 aromatic rings. The number of likely N-dealkylation sites (tertiary alicyclic amines) is 1. The van der Waals surface area contributed by atoms with E-state index in [2.05, 4.69) is 0 Å². The first-order chi connectivity index (χ1) is 7.10. The highest BCUT2D eigenvalue weighted by Gasteiger charge is 2.35. The fourth-order valence-corrected chi connectivity index (χ4v) is 2.73. The third-order valence-electron chi connectivity index (χ3n) is 2.73. The van der Waals surface area contributed by atoms with Crippen LogP contribution in [0.25, 0.3) is 0 Å². The Hall–Kier alpha value is -0.710. The molecule has 0 radical (unpaired) electrons. The minimum atomic E-state index is -0.413. The van der Waals surface area contributed by atoms with Crippen LogP contribution in [0.3, 0.4) is 0 Å². The van der Waals surface area contributed by atoms with Gasteiger partial charge in [-0.2, -0.15) is 11.8 Å². The summed E-state index contributed by atoms with van der Waals surface area (Å²) in [6.07, 6.45) is 3.19. The van der Waals surface area contributed by atoms with Crippen LogP contribution in [0.2, 0.25) is 0 Å². The zero-order chi connectivity index (χ0) is 11.4. The molecular weight excluding hydrogens is 212 g/mol. The molecule has 1 aliphatic rings. The minimum Gasteiger partial charge on any atom is -0.368 e. The Bertz CT molecular complexity index is 258. The topological polar surface area (TPSA) is 63.4 Å². The van der Waals surface area contributed by atoms with Gasteiger partial charge < -0.3 is 10.6 Å². The average Bonchev–Trinajstić information content (AvgIpc) is 2.49. The highest BCUT2D eigenvalue weighted by molar-refractivity contribution is 7.98. The van der Waals surface area contributed by atoms with Gasteiger partial charge in [-0.3, -0.25) is 9.59 Å². The van der Waals surface area contributed by atoms with Crippen molar-refractivity contribution in [2.75, 3.05) is 18.6 Å². The van der Waals surface area contributed by atoms with E-state index < -0.39 is 11.9 Å². The molecule has 1 saturated heterocycles. The lowest BCUT2D eigenvalue weighted by Crippen LogP contribution is -2.45. The van der Waals surface area contributed by atoms with E-state index in [1.165, 1.54) is 0 Å². The number of nitrogens with zero attached hydrogens (tertiary/aromatic N) is 1. The van der Waals surface area contributed by atoms with Crippen molar-refractivity contribution in [3.8, 4) is 0 Å². The number of hydrogen-bond acceptors (Lipinski definition) is 3. The maximum atomic E-state index is 11.7. The number of carbonyl (C=O) groups is 2. The SMILES string of the molecule is CC[C@H](C(N)=O)N1CC(CSC)CC1=O. The molecule has 1 unspecified atom stereocenters. The van der Waals surface area contributed by atoms with Gasteiger partial charge >= 0.3 is 0 Å². The Morgan fingerprint density at radius 3 is 2.87 bits per heavy atom. The van der Waals surface area contributed by atoms with E-state index in [1.807, 2.05) is 13.2 Å². The molecule has 1 heterocycles. The summed E-state index contributed by atoms with van der Waals surface area (Å²) in [6, 6.07) is -0.413. The Labute approximate surface area is 94.6 Å². The van der Waals surface area contributed by atoms with Crippen molar-refractivity contribution >= 4 is 23.6 Å². The number of amides is 2. The second-order valence-electron chi connectivity index (χ2n) is 3.90. The number of nitrogens with two attached hydrogens (primary N) is 1. The number of rotatable bonds is 5. The van der Waals surface area contributed by atoms with Gasteiger partial charge in [0.15, 0.2) is 0 Å². The molecule has 0 aliphatic carbocycles. The molecule has 0 spiro atoms. The fourth-order valence-electron chi connectivity index (χ4n) is 2.03. The van der Waals surface area contributed by atoms with Crippen molar-refractivity contribution in [1.29, 1.82) is 0 Å². The number of thioether (sulfide) groups is 1. The highest BCUT2D eigenvalue weighted by atomic mass is 32.2. The van der Waals surface area contributed by atoms with Crippen molar-refractivity contribution in [3.05, 3.63) is 0 Å². The summed E-state index contributed by atoms with van der Waals surface area (Å²) < 4.78 is 0. The van der Waals surface area contributed by atoms with E-state index in [4.69, 9.17) is 5.73 Å². The average molecular weight is 230 g/mol. The lowest BCUT2D eigenvalue weighted by atomic mass is 10.1. The normalized spacial score (nSPS) is 23.2. The van der Waals surface area contributed by atoms with E-state index in [-0.39, 0.29) is 5.91 Å². The fraction of sp³-hybridized carbons (Fsp3) is 0.800. The van der Waals surface area contributed by atoms with Crippen molar-refractivity contribution in [3.63, 3.8) is 0 Å². The molecule has 2 N–H and O–H groups in total. The first-order valence-corrected chi connectivity index (χ1v) is 6.57. The molecule has 4 nitrogen and oxygen atoms in total. The lowest BCUT2D eigenvalue weighted by Gasteiger charge is -2.24. The summed E-state index contributed by atoms with van der Waals surface area (Å²) in [5.41, 5.74) is 5.27. The lowest BCUT2D eigenvalue weighted by molar-refractivity contribution is -0.136. The van der Waals surface area contributed by atoms with Crippen LogP contribution in [-0.2, 0) is 9.59 Å². The first kappa shape index (κ1) is 12.4. The summed E-state index contributed by atoms with van der Waals surface area (Å²) in [7, 11) is 0. The van der Waals surface area contributed by atoms with Gasteiger partial charge in [0.1, 0.15) is 6.04 Å². The third-order valence-corrected chi connectivity index (χ3v) is 3.54. The summed E-state index contributed by atoms with van der Waals surface area (Å²) in [6.45, 7) is 2.56. The van der Waals surface area contributed by atoms with Crippen LogP contribution in [0.15, 0.2) is 0 Å². The van der Waals surface area contributed by atoms with Gasteiger partial charge in [0.2, 0.25) is 11.8 Å². The van der Waals surface area contributed by atoms with Crippen LogP contribution in [0.5, 0.6) is 0 Å². The van der Waals surface area contributed by atoms with E-state index in [0.29, 0.717) is 25.3 Å². The zero-order valence-electron chi connectivity index (χ0n) is 9.23. The number of carbonyl (C=O) groups excluding carboxylic acids is 2. The molecule has 0 saturated carbocycles. The maximum Gasteiger partial charge on any atom is 0.240 e. The first-order valence-electron chi connectivity index (χ1n) is 5.17. The quantitative estimate of drug-likeness (QED) is 0.746. The molecule has 5 heteroatoms. The monoisotopic (exact) mass is 230 g/mol. The minimum absolute atomic E-state index is 0.0692. The Kier molecular flexibility index (Phi) is 4.45. The zero-order valence-corrected chi connectivity index (χ0v) is 10.0.